The van der Waals surface area contributed by atoms with Gasteiger partial charge in [0.25, 0.3) is 6.10 Å². The monoisotopic (exact) mass is 428 g/mol. The predicted molar refractivity (Wildman–Crippen MR) is 87.3 cm³/mol. The summed E-state index contributed by atoms with van der Waals surface area (Å²) in [6.07, 6.45) is -16.3. The lowest BCUT2D eigenvalue weighted by Gasteiger charge is -2.54. The summed E-state index contributed by atoms with van der Waals surface area (Å²) < 4.78 is 92.2. The van der Waals surface area contributed by atoms with Gasteiger partial charge in [-0.3, -0.25) is 4.90 Å². The minimum Gasteiger partial charge on any atom is -0.426 e. The number of halogens is 7. The Bertz CT molecular complexity index is 720. The lowest BCUT2D eigenvalue weighted by molar-refractivity contribution is -0.308. The van der Waals surface area contributed by atoms with Gasteiger partial charge in [0.15, 0.2) is 0 Å². The van der Waals surface area contributed by atoms with Gasteiger partial charge in [0.2, 0.25) is 0 Å². The van der Waals surface area contributed by atoms with Gasteiger partial charge in [-0.25, -0.2) is 9.18 Å². The van der Waals surface area contributed by atoms with Crippen molar-refractivity contribution in [2.75, 3.05) is 26.2 Å². The van der Waals surface area contributed by atoms with E-state index in [1.54, 1.807) is 12.1 Å². The molecule has 2 saturated heterocycles. The van der Waals surface area contributed by atoms with Gasteiger partial charge in [-0.05, 0) is 36.0 Å². The van der Waals surface area contributed by atoms with E-state index >= 15 is 0 Å². The Kier molecular flexibility index (Phi) is 5.72. The van der Waals surface area contributed by atoms with Crippen LogP contribution in [0, 0.1) is 11.2 Å². The van der Waals surface area contributed by atoms with Crippen molar-refractivity contribution >= 4 is 6.09 Å². The molecule has 0 unspecified atom stereocenters. The summed E-state index contributed by atoms with van der Waals surface area (Å²) in [5.74, 6) is -0.333. The number of alkyl halides is 6. The van der Waals surface area contributed by atoms with Crippen molar-refractivity contribution in [2.24, 2.45) is 5.41 Å². The molecule has 11 heteroatoms. The fraction of sp³-hybridized carbons (Fsp3) is 0.611. The molecule has 0 N–H and O–H groups in total. The maximum absolute atomic E-state index is 13.2. The van der Waals surface area contributed by atoms with E-state index in [1.807, 2.05) is 0 Å². The highest BCUT2D eigenvalue weighted by Gasteiger charge is 2.60. The van der Waals surface area contributed by atoms with E-state index in [4.69, 9.17) is 0 Å². The number of carbonyl (C=O) groups excluding carboxylic acids is 1. The Labute approximate surface area is 162 Å². The van der Waals surface area contributed by atoms with Crippen LogP contribution >= 0.6 is 0 Å². The molecule has 2 aliphatic rings. The van der Waals surface area contributed by atoms with Gasteiger partial charge < -0.3 is 9.64 Å². The zero-order chi connectivity index (χ0) is 21.4. The van der Waals surface area contributed by atoms with Crippen LogP contribution in [0.5, 0.6) is 0 Å². The number of ether oxygens (including phenoxy) is 1. The van der Waals surface area contributed by atoms with E-state index in [9.17, 15) is 35.5 Å². The second kappa shape index (κ2) is 7.66. The summed E-state index contributed by atoms with van der Waals surface area (Å²) in [6.45, 7) is 1.93. The Morgan fingerprint density at radius 3 is 2.17 bits per heavy atom. The average Bonchev–Trinajstić information content (AvgIpc) is 2.57. The zero-order valence-electron chi connectivity index (χ0n) is 15.2. The van der Waals surface area contributed by atoms with E-state index in [2.05, 4.69) is 9.64 Å². The van der Waals surface area contributed by atoms with Crippen molar-refractivity contribution in [3.63, 3.8) is 0 Å². The molecule has 0 atom stereocenters. The minimum atomic E-state index is -5.73. The van der Waals surface area contributed by atoms with Gasteiger partial charge in [0.1, 0.15) is 5.82 Å². The first-order chi connectivity index (χ1) is 13.4. The van der Waals surface area contributed by atoms with Crippen LogP contribution in [0.25, 0.3) is 0 Å². The Hall–Kier alpha value is -2.04. The number of amides is 1. The number of benzene rings is 1. The summed E-state index contributed by atoms with van der Waals surface area (Å²) in [4.78, 5) is 14.8. The van der Waals surface area contributed by atoms with Gasteiger partial charge in [0.05, 0.1) is 0 Å². The molecule has 0 radical (unpaired) electrons. The number of rotatable bonds is 3. The van der Waals surface area contributed by atoms with Crippen LogP contribution in [-0.2, 0) is 11.3 Å². The SMILES string of the molecule is O=C(OC(C(F)(F)F)C(F)(F)F)N1CCC2(CC1)CN(Cc1cccc(F)c1)C2. The number of piperidine rings is 1. The molecule has 29 heavy (non-hydrogen) atoms. The van der Waals surface area contributed by atoms with Crippen LogP contribution in [0.15, 0.2) is 24.3 Å². The molecule has 162 valence electrons. The molecular weight excluding hydrogens is 409 g/mol. The quantitative estimate of drug-likeness (QED) is 0.671. The third-order valence-corrected chi connectivity index (χ3v) is 5.31. The number of hydrogen-bond acceptors (Lipinski definition) is 3. The summed E-state index contributed by atoms with van der Waals surface area (Å²) in [7, 11) is 0. The average molecular weight is 428 g/mol. The number of carbonyl (C=O) groups is 1. The van der Waals surface area contributed by atoms with E-state index < -0.39 is 24.5 Å². The summed E-state index contributed by atoms with van der Waals surface area (Å²) in [5.41, 5.74) is 0.670. The fourth-order valence-electron chi connectivity index (χ4n) is 3.88. The standard InChI is InChI=1S/C18H19F7N2O2/c19-13-3-1-2-12(8-13)9-26-10-16(11-26)4-6-27(7-5-16)15(28)29-14(17(20,21)22)18(23,24)25/h1-3,8,14H,4-7,9-11H2. The van der Waals surface area contributed by atoms with Crippen molar-refractivity contribution in [3.8, 4) is 0 Å². The maximum Gasteiger partial charge on any atom is 0.434 e. The Balaban J connectivity index is 1.49. The lowest BCUT2D eigenvalue weighted by Crippen LogP contribution is -2.60. The largest absolute Gasteiger partial charge is 0.434 e. The minimum absolute atomic E-state index is 0.0229. The maximum atomic E-state index is 13.2. The smallest absolute Gasteiger partial charge is 0.426 e. The van der Waals surface area contributed by atoms with Gasteiger partial charge in [-0.2, -0.15) is 26.3 Å². The van der Waals surface area contributed by atoms with Crippen LogP contribution in [-0.4, -0.2) is 60.5 Å². The van der Waals surface area contributed by atoms with Crippen molar-refractivity contribution in [3.05, 3.63) is 35.6 Å². The highest BCUT2D eigenvalue weighted by atomic mass is 19.4. The second-order valence-electron chi connectivity index (χ2n) is 7.61. The fourth-order valence-corrected chi connectivity index (χ4v) is 3.88. The number of hydrogen-bond donors (Lipinski definition) is 0. The van der Waals surface area contributed by atoms with E-state index in [-0.39, 0.29) is 24.3 Å². The van der Waals surface area contributed by atoms with Gasteiger partial charge in [0, 0.05) is 32.7 Å². The normalized spacial score (nSPS) is 20.1. The molecule has 0 aromatic heterocycles. The van der Waals surface area contributed by atoms with Gasteiger partial charge in [-0.1, -0.05) is 12.1 Å². The van der Waals surface area contributed by atoms with Crippen molar-refractivity contribution in [1.82, 2.24) is 9.80 Å². The van der Waals surface area contributed by atoms with E-state index in [0.717, 1.165) is 10.5 Å². The molecule has 0 bridgehead atoms. The van der Waals surface area contributed by atoms with Crippen molar-refractivity contribution in [2.45, 2.75) is 37.8 Å². The van der Waals surface area contributed by atoms with E-state index in [0.29, 0.717) is 32.5 Å². The molecule has 3 rings (SSSR count). The molecule has 1 amide bonds. The molecule has 2 aliphatic heterocycles. The zero-order valence-corrected chi connectivity index (χ0v) is 15.2. The van der Waals surface area contributed by atoms with Gasteiger partial charge >= 0.3 is 18.4 Å². The van der Waals surface area contributed by atoms with Crippen LogP contribution in [0.1, 0.15) is 18.4 Å². The molecule has 1 spiro atoms. The first-order valence-electron chi connectivity index (χ1n) is 8.94. The summed E-state index contributed by atoms with van der Waals surface area (Å²) in [6, 6.07) is 6.18. The lowest BCUT2D eigenvalue weighted by atomic mass is 9.72. The Morgan fingerprint density at radius 2 is 1.66 bits per heavy atom. The van der Waals surface area contributed by atoms with Crippen LogP contribution in [0.3, 0.4) is 0 Å². The third kappa shape index (κ3) is 5.12. The molecule has 0 aliphatic carbocycles. The van der Waals surface area contributed by atoms with Crippen LogP contribution < -0.4 is 0 Å². The first-order valence-corrected chi connectivity index (χ1v) is 8.94. The third-order valence-electron chi connectivity index (χ3n) is 5.31. The number of likely N-dealkylation sites (tertiary alicyclic amines) is 2. The highest BCUT2D eigenvalue weighted by molar-refractivity contribution is 5.68. The second-order valence-corrected chi connectivity index (χ2v) is 7.61. The molecule has 1 aromatic carbocycles. The molecule has 2 heterocycles. The summed E-state index contributed by atoms with van der Waals surface area (Å²) >= 11 is 0. The van der Waals surface area contributed by atoms with Crippen LogP contribution in [0.4, 0.5) is 35.5 Å². The van der Waals surface area contributed by atoms with Crippen molar-refractivity contribution < 1.29 is 40.3 Å². The molecule has 0 saturated carbocycles. The summed E-state index contributed by atoms with van der Waals surface area (Å²) in [5, 5.41) is 0. The highest BCUT2D eigenvalue weighted by Crippen LogP contribution is 2.42. The van der Waals surface area contributed by atoms with Crippen LogP contribution in [0.2, 0.25) is 0 Å². The topological polar surface area (TPSA) is 32.8 Å². The Morgan fingerprint density at radius 1 is 1.07 bits per heavy atom. The molecule has 1 aromatic rings. The van der Waals surface area contributed by atoms with Crippen molar-refractivity contribution in [1.29, 1.82) is 0 Å². The predicted octanol–water partition coefficient (Wildman–Crippen LogP) is 4.35. The van der Waals surface area contributed by atoms with Gasteiger partial charge in [-0.15, -0.1) is 0 Å². The van der Waals surface area contributed by atoms with E-state index in [1.165, 1.54) is 12.1 Å². The molecule has 2 fully saturated rings. The molecule has 4 nitrogen and oxygen atoms in total. The number of nitrogens with zero attached hydrogens (tertiary/aromatic N) is 2. The molecular formula is C18H19F7N2O2. The first kappa shape index (κ1) is 21.7.